The Balaban J connectivity index is 1.78. The first-order valence-electron chi connectivity index (χ1n) is 6.68. The number of ether oxygens (including phenoxy) is 1. The second kappa shape index (κ2) is 6.92. The average Bonchev–Trinajstić information content (AvgIpc) is 2.88. The number of nitrogens with zero attached hydrogens (tertiary/aromatic N) is 1. The van der Waals surface area contributed by atoms with E-state index in [9.17, 15) is 4.79 Å². The summed E-state index contributed by atoms with van der Waals surface area (Å²) in [7, 11) is 1.73. The van der Waals surface area contributed by atoms with Crippen LogP contribution in [-0.4, -0.2) is 43.7 Å². The molecule has 1 saturated heterocycles. The van der Waals surface area contributed by atoms with Gasteiger partial charge in [-0.05, 0) is 24.6 Å². The Bertz CT molecular complexity index is 481. The molecule has 1 aliphatic heterocycles. The number of rotatable bonds is 5. The van der Waals surface area contributed by atoms with E-state index in [1.165, 1.54) is 0 Å². The van der Waals surface area contributed by atoms with E-state index in [2.05, 4.69) is 10.2 Å². The van der Waals surface area contributed by atoms with Gasteiger partial charge in [0.2, 0.25) is 5.91 Å². The van der Waals surface area contributed by atoms with Crippen LogP contribution >= 0.6 is 11.6 Å². The molecule has 20 heavy (non-hydrogen) atoms. The van der Waals surface area contributed by atoms with Gasteiger partial charge >= 0.3 is 0 Å². The van der Waals surface area contributed by atoms with Gasteiger partial charge in [0, 0.05) is 38.2 Å². The highest BCUT2D eigenvalue weighted by Gasteiger charge is 2.22. The Morgan fingerprint density at radius 1 is 1.60 bits per heavy atom. The lowest BCUT2D eigenvalue weighted by Crippen LogP contribution is -2.27. The molecule has 0 aromatic heterocycles. The normalized spacial score (nSPS) is 19.2. The largest absolute Gasteiger partial charge is 0.397 e. The number of nitrogens with two attached hydrogens (primary N) is 1. The zero-order valence-corrected chi connectivity index (χ0v) is 12.3. The monoisotopic (exact) mass is 297 g/mol. The topological polar surface area (TPSA) is 67.6 Å². The molecule has 1 amide bonds. The molecule has 0 bridgehead atoms. The van der Waals surface area contributed by atoms with Gasteiger partial charge in [0.15, 0.2) is 0 Å². The molecule has 6 heteroatoms. The van der Waals surface area contributed by atoms with Crippen molar-refractivity contribution < 1.29 is 9.53 Å². The van der Waals surface area contributed by atoms with Gasteiger partial charge in [-0.1, -0.05) is 11.6 Å². The fraction of sp³-hybridized carbons (Fsp3) is 0.500. The maximum atomic E-state index is 11.9. The molecule has 0 radical (unpaired) electrons. The number of hydrogen-bond donors (Lipinski definition) is 2. The Morgan fingerprint density at radius 2 is 2.40 bits per heavy atom. The van der Waals surface area contributed by atoms with Crippen LogP contribution in [0.1, 0.15) is 12.8 Å². The third-order valence-corrected chi connectivity index (χ3v) is 3.74. The highest BCUT2D eigenvalue weighted by Crippen LogP contribution is 2.22. The fourth-order valence-electron chi connectivity index (χ4n) is 2.31. The van der Waals surface area contributed by atoms with E-state index in [1.54, 1.807) is 25.3 Å². The molecule has 2 rings (SSSR count). The molecule has 5 nitrogen and oxygen atoms in total. The van der Waals surface area contributed by atoms with E-state index < -0.39 is 0 Å². The molecule has 110 valence electrons. The summed E-state index contributed by atoms with van der Waals surface area (Å²) in [5.74, 6) is -0.0418. The number of carbonyl (C=O) groups excluding carboxylic acids is 1. The van der Waals surface area contributed by atoms with E-state index >= 15 is 0 Å². The van der Waals surface area contributed by atoms with Gasteiger partial charge in [0.05, 0.1) is 17.5 Å². The van der Waals surface area contributed by atoms with E-state index in [4.69, 9.17) is 22.1 Å². The van der Waals surface area contributed by atoms with Crippen LogP contribution in [0.25, 0.3) is 0 Å². The van der Waals surface area contributed by atoms with Gasteiger partial charge < -0.3 is 20.7 Å². The number of carbonyl (C=O) groups is 1. The van der Waals surface area contributed by atoms with Crippen LogP contribution in [0.5, 0.6) is 0 Å². The predicted molar refractivity (Wildman–Crippen MR) is 81.0 cm³/mol. The highest BCUT2D eigenvalue weighted by molar-refractivity contribution is 6.31. The molecule has 1 atom stereocenters. The summed E-state index contributed by atoms with van der Waals surface area (Å²) in [4.78, 5) is 14.1. The smallest absolute Gasteiger partial charge is 0.225 e. The van der Waals surface area contributed by atoms with Gasteiger partial charge in [-0.15, -0.1) is 0 Å². The molecular formula is C14H20ClN3O2. The van der Waals surface area contributed by atoms with Crippen molar-refractivity contribution in [2.24, 2.45) is 0 Å². The second-order valence-corrected chi connectivity index (χ2v) is 5.41. The number of benzene rings is 1. The van der Waals surface area contributed by atoms with Crippen LogP contribution in [0, 0.1) is 0 Å². The summed E-state index contributed by atoms with van der Waals surface area (Å²) in [6.45, 7) is 2.61. The third-order valence-electron chi connectivity index (χ3n) is 3.51. The van der Waals surface area contributed by atoms with Crippen LogP contribution in [0.3, 0.4) is 0 Å². The van der Waals surface area contributed by atoms with Gasteiger partial charge in [-0.25, -0.2) is 0 Å². The quantitative estimate of drug-likeness (QED) is 0.816. The minimum atomic E-state index is -0.0418. The first kappa shape index (κ1) is 15.1. The summed E-state index contributed by atoms with van der Waals surface area (Å²) >= 11 is 5.82. The van der Waals surface area contributed by atoms with E-state index in [1.807, 2.05) is 0 Å². The molecular weight excluding hydrogens is 278 g/mol. The lowest BCUT2D eigenvalue weighted by Gasteiger charge is -2.15. The van der Waals surface area contributed by atoms with Crippen molar-refractivity contribution >= 4 is 28.9 Å². The average molecular weight is 298 g/mol. The van der Waals surface area contributed by atoms with Crippen LogP contribution in [0.15, 0.2) is 18.2 Å². The Hall–Kier alpha value is -1.30. The van der Waals surface area contributed by atoms with Crippen molar-refractivity contribution in [3.05, 3.63) is 23.2 Å². The van der Waals surface area contributed by atoms with Crippen molar-refractivity contribution in [3.8, 4) is 0 Å². The lowest BCUT2D eigenvalue weighted by molar-refractivity contribution is -0.116. The molecule has 3 N–H and O–H groups in total. The summed E-state index contributed by atoms with van der Waals surface area (Å²) in [6, 6.07) is 5.05. The minimum absolute atomic E-state index is 0.0418. The number of likely N-dealkylation sites (tertiary alicyclic amines) is 1. The zero-order valence-electron chi connectivity index (χ0n) is 11.6. The molecule has 1 aromatic rings. The summed E-state index contributed by atoms with van der Waals surface area (Å²) in [5, 5.41) is 3.36. The van der Waals surface area contributed by atoms with E-state index in [0.717, 1.165) is 26.1 Å². The van der Waals surface area contributed by atoms with Crippen molar-refractivity contribution in [1.82, 2.24) is 4.90 Å². The standard InChI is InChI=1S/C14H20ClN3O2/c1-20-11-4-6-18(9-11)7-5-14(19)17-13-3-2-10(15)8-12(13)16/h2-3,8,11H,4-7,9,16H2,1H3,(H,17,19). The van der Waals surface area contributed by atoms with Gasteiger partial charge in [0.1, 0.15) is 0 Å². The van der Waals surface area contributed by atoms with Gasteiger partial charge in [-0.3, -0.25) is 4.79 Å². The maximum absolute atomic E-state index is 11.9. The first-order chi connectivity index (χ1) is 9.58. The van der Waals surface area contributed by atoms with Crippen molar-refractivity contribution in [2.75, 3.05) is 37.8 Å². The predicted octanol–water partition coefficient (Wildman–Crippen LogP) is 1.97. The molecule has 0 spiro atoms. The van der Waals surface area contributed by atoms with E-state index in [-0.39, 0.29) is 5.91 Å². The first-order valence-corrected chi connectivity index (χ1v) is 7.06. The number of nitrogens with one attached hydrogen (secondary N) is 1. The van der Waals surface area contributed by atoms with Crippen LogP contribution < -0.4 is 11.1 Å². The lowest BCUT2D eigenvalue weighted by atomic mass is 10.2. The van der Waals surface area contributed by atoms with Crippen LogP contribution in [0.2, 0.25) is 5.02 Å². The summed E-state index contributed by atoms with van der Waals surface area (Å²) in [5.41, 5.74) is 6.88. The molecule has 1 heterocycles. The second-order valence-electron chi connectivity index (χ2n) is 4.98. The Kier molecular flexibility index (Phi) is 5.23. The fourth-order valence-corrected chi connectivity index (χ4v) is 2.49. The zero-order chi connectivity index (χ0) is 14.5. The van der Waals surface area contributed by atoms with Crippen LogP contribution in [0.4, 0.5) is 11.4 Å². The highest BCUT2D eigenvalue weighted by atomic mass is 35.5. The van der Waals surface area contributed by atoms with Crippen LogP contribution in [-0.2, 0) is 9.53 Å². The molecule has 1 aliphatic rings. The summed E-state index contributed by atoms with van der Waals surface area (Å²) < 4.78 is 5.30. The number of nitrogen functional groups attached to an aromatic ring is 1. The van der Waals surface area contributed by atoms with Crippen molar-refractivity contribution in [3.63, 3.8) is 0 Å². The number of amides is 1. The molecule has 0 aliphatic carbocycles. The molecule has 1 unspecified atom stereocenters. The third kappa shape index (κ3) is 4.10. The van der Waals surface area contributed by atoms with E-state index in [0.29, 0.717) is 28.9 Å². The van der Waals surface area contributed by atoms with Crippen molar-refractivity contribution in [1.29, 1.82) is 0 Å². The van der Waals surface area contributed by atoms with Gasteiger partial charge in [-0.2, -0.15) is 0 Å². The molecule has 1 fully saturated rings. The van der Waals surface area contributed by atoms with Crippen molar-refractivity contribution in [2.45, 2.75) is 18.9 Å². The Labute approximate surface area is 124 Å². The molecule has 1 aromatic carbocycles. The SMILES string of the molecule is COC1CCN(CCC(=O)Nc2ccc(Cl)cc2N)C1. The number of hydrogen-bond acceptors (Lipinski definition) is 4. The summed E-state index contributed by atoms with van der Waals surface area (Å²) in [6.07, 6.45) is 1.77. The molecule has 0 saturated carbocycles. The Morgan fingerprint density at radius 3 is 3.05 bits per heavy atom. The van der Waals surface area contributed by atoms with Gasteiger partial charge in [0.25, 0.3) is 0 Å². The number of anilines is 2. The minimum Gasteiger partial charge on any atom is -0.397 e. The maximum Gasteiger partial charge on any atom is 0.225 e. The number of halogens is 1. The number of methoxy groups -OCH3 is 1.